The van der Waals surface area contributed by atoms with E-state index in [4.69, 9.17) is 5.73 Å². The molecule has 0 aliphatic carbocycles. The Balaban J connectivity index is 1.79. The highest BCUT2D eigenvalue weighted by Gasteiger charge is 2.09. The zero-order valence-electron chi connectivity index (χ0n) is 11.0. The minimum atomic E-state index is 0.647. The van der Waals surface area contributed by atoms with Crippen molar-refractivity contribution in [3.05, 3.63) is 58.8 Å². The average Bonchev–Trinajstić information content (AvgIpc) is 2.96. The molecule has 3 rings (SSSR count). The van der Waals surface area contributed by atoms with Crippen LogP contribution in [0.25, 0.3) is 5.69 Å². The van der Waals surface area contributed by atoms with Crippen molar-refractivity contribution in [2.45, 2.75) is 10.6 Å². The van der Waals surface area contributed by atoms with Crippen molar-refractivity contribution in [1.82, 2.24) is 20.2 Å². The van der Waals surface area contributed by atoms with Crippen LogP contribution >= 0.6 is 27.7 Å². The summed E-state index contributed by atoms with van der Waals surface area (Å²) in [5, 5.41) is 11.9. The second kappa shape index (κ2) is 6.28. The van der Waals surface area contributed by atoms with Gasteiger partial charge in [-0.05, 0) is 40.8 Å². The van der Waals surface area contributed by atoms with Gasteiger partial charge in [-0.2, -0.15) is 4.68 Å². The lowest BCUT2D eigenvalue weighted by molar-refractivity contribution is 0.777. The third-order valence-electron chi connectivity index (χ3n) is 2.86. The molecule has 7 heteroatoms. The molecule has 0 fully saturated rings. The quantitative estimate of drug-likeness (QED) is 0.570. The summed E-state index contributed by atoms with van der Waals surface area (Å²) in [6, 6.07) is 15.7. The van der Waals surface area contributed by atoms with Crippen LogP contribution in [0.5, 0.6) is 0 Å². The third-order valence-corrected chi connectivity index (χ3v) is 4.44. The minimum absolute atomic E-state index is 0.647. The van der Waals surface area contributed by atoms with Gasteiger partial charge in [-0.15, -0.1) is 16.9 Å². The van der Waals surface area contributed by atoms with Crippen LogP contribution in [0.4, 0.5) is 5.69 Å². The standard InChI is InChI=1S/C14H12BrN5S/c15-10-6-7-13(12(16)8-10)21-9-14-17-18-19-20(14)11-4-2-1-3-5-11/h1-8H,9,16H2. The van der Waals surface area contributed by atoms with Crippen molar-refractivity contribution in [3.63, 3.8) is 0 Å². The molecule has 0 spiro atoms. The maximum atomic E-state index is 6.00. The van der Waals surface area contributed by atoms with Crippen LogP contribution in [-0.4, -0.2) is 20.2 Å². The van der Waals surface area contributed by atoms with E-state index < -0.39 is 0 Å². The molecule has 0 unspecified atom stereocenters. The number of hydrogen-bond donors (Lipinski definition) is 1. The number of nitrogens with two attached hydrogens (primary N) is 1. The molecule has 0 saturated heterocycles. The van der Waals surface area contributed by atoms with Crippen LogP contribution < -0.4 is 5.73 Å². The Morgan fingerprint density at radius 1 is 1.14 bits per heavy atom. The lowest BCUT2D eigenvalue weighted by Gasteiger charge is -2.06. The summed E-state index contributed by atoms with van der Waals surface area (Å²) >= 11 is 5.02. The molecule has 0 aliphatic rings. The predicted molar refractivity (Wildman–Crippen MR) is 87.3 cm³/mol. The summed E-state index contributed by atoms with van der Waals surface area (Å²) in [7, 11) is 0. The molecule has 0 bridgehead atoms. The maximum absolute atomic E-state index is 6.00. The Morgan fingerprint density at radius 2 is 1.95 bits per heavy atom. The minimum Gasteiger partial charge on any atom is -0.398 e. The molecule has 5 nitrogen and oxygen atoms in total. The van der Waals surface area contributed by atoms with E-state index in [1.54, 1.807) is 16.4 Å². The van der Waals surface area contributed by atoms with Gasteiger partial charge in [0, 0.05) is 15.1 Å². The van der Waals surface area contributed by atoms with Crippen LogP contribution in [-0.2, 0) is 5.75 Å². The molecule has 1 heterocycles. The van der Waals surface area contributed by atoms with Gasteiger partial charge in [0.2, 0.25) is 0 Å². The van der Waals surface area contributed by atoms with Crippen molar-refractivity contribution in [2.75, 3.05) is 5.73 Å². The highest BCUT2D eigenvalue weighted by atomic mass is 79.9. The van der Waals surface area contributed by atoms with Crippen molar-refractivity contribution < 1.29 is 0 Å². The van der Waals surface area contributed by atoms with Gasteiger partial charge in [0.05, 0.1) is 11.4 Å². The van der Waals surface area contributed by atoms with Crippen molar-refractivity contribution in [2.24, 2.45) is 0 Å². The topological polar surface area (TPSA) is 69.6 Å². The number of halogens is 1. The number of benzene rings is 2. The summed E-state index contributed by atoms with van der Waals surface area (Å²) in [5.41, 5.74) is 7.69. The van der Waals surface area contributed by atoms with Gasteiger partial charge in [0.15, 0.2) is 5.82 Å². The Bertz CT molecular complexity index is 744. The molecule has 0 amide bonds. The van der Waals surface area contributed by atoms with Gasteiger partial charge >= 0.3 is 0 Å². The Morgan fingerprint density at radius 3 is 2.71 bits per heavy atom. The van der Waals surface area contributed by atoms with Crippen LogP contribution in [0, 0.1) is 0 Å². The average molecular weight is 362 g/mol. The molecule has 0 saturated carbocycles. The molecule has 3 aromatic rings. The smallest absolute Gasteiger partial charge is 0.166 e. The molecular formula is C14H12BrN5S. The molecule has 1 aromatic heterocycles. The first-order valence-electron chi connectivity index (χ1n) is 6.24. The first kappa shape index (κ1) is 14.1. The second-order valence-electron chi connectivity index (χ2n) is 4.31. The van der Waals surface area contributed by atoms with Crippen LogP contribution in [0.1, 0.15) is 5.82 Å². The van der Waals surface area contributed by atoms with E-state index in [2.05, 4.69) is 31.5 Å². The highest BCUT2D eigenvalue weighted by molar-refractivity contribution is 9.10. The summed E-state index contributed by atoms with van der Waals surface area (Å²) < 4.78 is 2.71. The van der Waals surface area contributed by atoms with Crippen molar-refractivity contribution in [3.8, 4) is 5.69 Å². The lowest BCUT2D eigenvalue weighted by Crippen LogP contribution is -2.02. The number of thioether (sulfide) groups is 1. The Hall–Kier alpha value is -1.86. The number of nitrogens with zero attached hydrogens (tertiary/aromatic N) is 4. The molecule has 21 heavy (non-hydrogen) atoms. The predicted octanol–water partition coefficient (Wildman–Crippen LogP) is 3.30. The highest BCUT2D eigenvalue weighted by Crippen LogP contribution is 2.30. The molecule has 0 aliphatic heterocycles. The fourth-order valence-electron chi connectivity index (χ4n) is 1.86. The maximum Gasteiger partial charge on any atom is 0.166 e. The van der Waals surface area contributed by atoms with E-state index in [0.29, 0.717) is 5.75 Å². The summed E-state index contributed by atoms with van der Waals surface area (Å²) in [6.07, 6.45) is 0. The number of anilines is 1. The number of nitrogen functional groups attached to an aromatic ring is 1. The van der Waals surface area contributed by atoms with Crippen molar-refractivity contribution >= 4 is 33.4 Å². The normalized spacial score (nSPS) is 10.7. The fourth-order valence-corrected chi connectivity index (χ4v) is 3.09. The zero-order chi connectivity index (χ0) is 14.7. The monoisotopic (exact) mass is 361 g/mol. The van der Waals surface area contributed by atoms with E-state index in [0.717, 1.165) is 26.6 Å². The SMILES string of the molecule is Nc1cc(Br)ccc1SCc1nnnn1-c1ccccc1. The Labute approximate surface area is 134 Å². The van der Waals surface area contributed by atoms with Gasteiger partial charge in [-0.3, -0.25) is 0 Å². The number of aromatic nitrogens is 4. The molecule has 0 radical (unpaired) electrons. The summed E-state index contributed by atoms with van der Waals surface area (Å²) in [6.45, 7) is 0. The molecular weight excluding hydrogens is 350 g/mol. The molecule has 2 aromatic carbocycles. The van der Waals surface area contributed by atoms with Gasteiger partial charge < -0.3 is 5.73 Å². The van der Waals surface area contributed by atoms with E-state index in [9.17, 15) is 0 Å². The van der Waals surface area contributed by atoms with Gasteiger partial charge in [-0.25, -0.2) is 0 Å². The Kier molecular flexibility index (Phi) is 4.21. The largest absolute Gasteiger partial charge is 0.398 e. The number of hydrogen-bond acceptors (Lipinski definition) is 5. The van der Waals surface area contributed by atoms with E-state index in [-0.39, 0.29) is 0 Å². The number of tetrazole rings is 1. The zero-order valence-corrected chi connectivity index (χ0v) is 13.4. The number of para-hydroxylation sites is 1. The van der Waals surface area contributed by atoms with Crippen molar-refractivity contribution in [1.29, 1.82) is 0 Å². The van der Waals surface area contributed by atoms with Gasteiger partial charge in [-0.1, -0.05) is 34.1 Å². The first-order valence-corrected chi connectivity index (χ1v) is 8.02. The first-order chi connectivity index (χ1) is 10.2. The molecule has 106 valence electrons. The number of rotatable bonds is 4. The van der Waals surface area contributed by atoms with Gasteiger partial charge in [0.25, 0.3) is 0 Å². The van der Waals surface area contributed by atoms with Crippen LogP contribution in [0.2, 0.25) is 0 Å². The summed E-state index contributed by atoms with van der Waals surface area (Å²) in [5.74, 6) is 1.43. The van der Waals surface area contributed by atoms with E-state index in [1.807, 2.05) is 48.5 Å². The lowest BCUT2D eigenvalue weighted by atomic mass is 10.3. The van der Waals surface area contributed by atoms with Gasteiger partial charge in [0.1, 0.15) is 0 Å². The molecule has 2 N–H and O–H groups in total. The van der Waals surface area contributed by atoms with E-state index >= 15 is 0 Å². The molecule has 0 atom stereocenters. The fraction of sp³-hybridized carbons (Fsp3) is 0.0714. The van der Waals surface area contributed by atoms with Crippen LogP contribution in [0.3, 0.4) is 0 Å². The van der Waals surface area contributed by atoms with Crippen LogP contribution in [0.15, 0.2) is 57.9 Å². The summed E-state index contributed by atoms with van der Waals surface area (Å²) in [4.78, 5) is 1.01. The van der Waals surface area contributed by atoms with E-state index in [1.165, 1.54) is 0 Å². The second-order valence-corrected chi connectivity index (χ2v) is 6.25. The third kappa shape index (κ3) is 3.25.